The third kappa shape index (κ3) is 5.55. The molecule has 3 aliphatic rings. The van der Waals surface area contributed by atoms with Crippen LogP contribution in [0.1, 0.15) is 5.56 Å². The number of anilines is 1. The highest BCUT2D eigenvalue weighted by molar-refractivity contribution is 5.91. The maximum absolute atomic E-state index is 12.5. The van der Waals surface area contributed by atoms with Crippen molar-refractivity contribution in [3.8, 4) is 0 Å². The van der Waals surface area contributed by atoms with E-state index in [9.17, 15) is 9.59 Å². The van der Waals surface area contributed by atoms with Crippen LogP contribution in [-0.4, -0.2) is 80.3 Å². The topological polar surface area (TPSA) is 70.7 Å². The normalized spacial score (nSPS) is 23.5. The van der Waals surface area contributed by atoms with Gasteiger partial charge in [-0.2, -0.15) is 0 Å². The smallest absolute Gasteiger partial charge is 0.407 e. The fourth-order valence-electron chi connectivity index (χ4n) is 3.72. The van der Waals surface area contributed by atoms with Crippen LogP contribution in [0.5, 0.6) is 0 Å². The first-order valence-corrected chi connectivity index (χ1v) is 9.56. The summed E-state index contributed by atoms with van der Waals surface area (Å²) in [6.07, 6.45) is 1.79. The molecule has 2 N–H and O–H groups in total. The Balaban J connectivity index is 1.41. The molecule has 7 nitrogen and oxygen atoms in total. The zero-order valence-corrected chi connectivity index (χ0v) is 15.8. The molecule has 3 fully saturated rings. The molecule has 3 aliphatic heterocycles. The van der Waals surface area contributed by atoms with E-state index in [1.165, 1.54) is 6.08 Å². The van der Waals surface area contributed by atoms with Crippen LogP contribution in [0.15, 0.2) is 36.9 Å². The van der Waals surface area contributed by atoms with E-state index >= 15 is 0 Å². The Labute approximate surface area is 160 Å². The number of nitrogens with zero attached hydrogens (tertiary/aromatic N) is 2. The molecule has 0 atom stereocenters. The summed E-state index contributed by atoms with van der Waals surface area (Å²) in [5.41, 5.74) is 1.90. The lowest BCUT2D eigenvalue weighted by molar-refractivity contribution is -0.933. The second kappa shape index (κ2) is 9.01. The largest absolute Gasteiger partial charge is 0.445 e. The zero-order valence-electron chi connectivity index (χ0n) is 15.8. The van der Waals surface area contributed by atoms with E-state index in [1.807, 2.05) is 24.3 Å². The van der Waals surface area contributed by atoms with Gasteiger partial charge in [-0.15, -0.1) is 0 Å². The van der Waals surface area contributed by atoms with Gasteiger partial charge in [0.15, 0.2) is 6.54 Å². The molecule has 1 aromatic carbocycles. The van der Waals surface area contributed by atoms with E-state index in [0.717, 1.165) is 55.0 Å². The minimum Gasteiger partial charge on any atom is -0.445 e. The van der Waals surface area contributed by atoms with Gasteiger partial charge in [0.25, 0.3) is 5.91 Å². The number of nitrogens with one attached hydrogen (secondary N) is 2. The van der Waals surface area contributed by atoms with Gasteiger partial charge < -0.3 is 19.9 Å². The van der Waals surface area contributed by atoms with Crippen LogP contribution >= 0.6 is 0 Å². The van der Waals surface area contributed by atoms with E-state index in [0.29, 0.717) is 19.5 Å². The van der Waals surface area contributed by atoms with Crippen molar-refractivity contribution in [2.45, 2.75) is 6.42 Å². The van der Waals surface area contributed by atoms with E-state index in [1.54, 1.807) is 0 Å². The van der Waals surface area contributed by atoms with E-state index in [4.69, 9.17) is 4.74 Å². The maximum atomic E-state index is 12.5. The second-order valence-electron chi connectivity index (χ2n) is 7.32. The Morgan fingerprint density at radius 3 is 2.44 bits per heavy atom. The fraction of sp³-hybridized carbons (Fsp3) is 0.500. The molecule has 2 amide bonds. The molecule has 3 heterocycles. The summed E-state index contributed by atoms with van der Waals surface area (Å²) < 4.78 is 5.78. The quantitative estimate of drug-likeness (QED) is 0.531. The van der Waals surface area contributed by atoms with Gasteiger partial charge in [0.05, 0.1) is 19.6 Å². The lowest BCUT2D eigenvalue weighted by Gasteiger charge is -2.50. The molecule has 0 saturated carbocycles. The molecule has 7 heteroatoms. The van der Waals surface area contributed by atoms with Crippen LogP contribution in [0, 0.1) is 0 Å². The van der Waals surface area contributed by atoms with Crippen LogP contribution in [0.2, 0.25) is 0 Å². The molecule has 0 unspecified atom stereocenters. The van der Waals surface area contributed by atoms with Gasteiger partial charge in [-0.05, 0) is 24.1 Å². The number of rotatable bonds is 8. The minimum atomic E-state index is -0.440. The van der Waals surface area contributed by atoms with Crippen LogP contribution in [0.3, 0.4) is 0 Å². The Bertz CT molecular complexity index is 653. The highest BCUT2D eigenvalue weighted by Gasteiger charge is 2.39. The summed E-state index contributed by atoms with van der Waals surface area (Å²) in [5, 5.41) is 5.71. The monoisotopic (exact) mass is 373 g/mol. The molecule has 0 aromatic heterocycles. The predicted molar refractivity (Wildman–Crippen MR) is 104 cm³/mol. The Morgan fingerprint density at radius 2 is 1.81 bits per heavy atom. The van der Waals surface area contributed by atoms with Gasteiger partial charge in [-0.1, -0.05) is 24.8 Å². The van der Waals surface area contributed by atoms with Gasteiger partial charge in [0.2, 0.25) is 0 Å². The molecule has 1 aromatic rings. The van der Waals surface area contributed by atoms with Gasteiger partial charge in [-0.25, -0.2) is 4.79 Å². The number of carbonyl (C=O) groups is 2. The summed E-state index contributed by atoms with van der Waals surface area (Å²) in [6.45, 7) is 11.3. The lowest BCUT2D eigenvalue weighted by Crippen LogP contribution is -2.68. The maximum Gasteiger partial charge on any atom is 0.407 e. The Hall–Kier alpha value is -2.38. The molecule has 0 radical (unpaired) electrons. The van der Waals surface area contributed by atoms with E-state index < -0.39 is 6.09 Å². The SMILES string of the molecule is C=CCOC(=O)NCCc1ccc(NC(=O)C[N+]23CCN(CC2)CC3)cc1. The Morgan fingerprint density at radius 1 is 1.15 bits per heavy atom. The highest BCUT2D eigenvalue weighted by atomic mass is 16.5. The first-order valence-electron chi connectivity index (χ1n) is 9.56. The predicted octanol–water partition coefficient (Wildman–Crippen LogP) is 1.23. The number of hydrogen-bond acceptors (Lipinski definition) is 4. The van der Waals surface area contributed by atoms with Gasteiger partial charge in [0.1, 0.15) is 6.61 Å². The number of fused-ring (bicyclic) bond motifs is 3. The van der Waals surface area contributed by atoms with Crippen LogP contribution in [-0.2, 0) is 16.0 Å². The number of quaternary nitrogens is 1. The van der Waals surface area contributed by atoms with Crippen molar-refractivity contribution in [2.75, 3.05) is 64.3 Å². The minimum absolute atomic E-state index is 0.0877. The van der Waals surface area contributed by atoms with E-state index in [-0.39, 0.29) is 12.5 Å². The third-order valence-corrected chi connectivity index (χ3v) is 5.40. The average Bonchev–Trinajstić information content (AvgIpc) is 2.68. The third-order valence-electron chi connectivity index (χ3n) is 5.40. The number of hydrogen-bond donors (Lipinski definition) is 2. The van der Waals surface area contributed by atoms with Crippen LogP contribution in [0.4, 0.5) is 10.5 Å². The number of alkyl carbamates (subject to hydrolysis) is 1. The van der Waals surface area contributed by atoms with Gasteiger partial charge >= 0.3 is 6.09 Å². The van der Waals surface area contributed by atoms with Gasteiger partial charge in [-0.3, -0.25) is 9.69 Å². The summed E-state index contributed by atoms with van der Waals surface area (Å²) in [4.78, 5) is 26.3. The van der Waals surface area contributed by atoms with Crippen molar-refractivity contribution >= 4 is 17.7 Å². The van der Waals surface area contributed by atoms with Crippen molar-refractivity contribution in [1.82, 2.24) is 10.2 Å². The fourth-order valence-corrected chi connectivity index (χ4v) is 3.72. The van der Waals surface area contributed by atoms with Crippen molar-refractivity contribution in [2.24, 2.45) is 0 Å². The van der Waals surface area contributed by atoms with Gasteiger partial charge in [0, 0.05) is 31.9 Å². The highest BCUT2D eigenvalue weighted by Crippen LogP contribution is 2.19. The summed E-state index contributed by atoms with van der Waals surface area (Å²) >= 11 is 0. The lowest BCUT2D eigenvalue weighted by atomic mass is 10.1. The Kier molecular flexibility index (Phi) is 6.47. The van der Waals surface area contributed by atoms with Crippen molar-refractivity contribution < 1.29 is 18.8 Å². The molecule has 0 aliphatic carbocycles. The first-order chi connectivity index (χ1) is 13.1. The first kappa shape index (κ1) is 19.4. The molecule has 0 spiro atoms. The number of piperazine rings is 3. The molecule has 27 heavy (non-hydrogen) atoms. The number of carbonyl (C=O) groups excluding carboxylic acids is 2. The van der Waals surface area contributed by atoms with Crippen molar-refractivity contribution in [1.29, 1.82) is 0 Å². The average molecular weight is 373 g/mol. The summed E-state index contributed by atoms with van der Waals surface area (Å²) in [5.74, 6) is 0.0877. The molecular formula is C20H29N4O3+. The molecule has 146 valence electrons. The summed E-state index contributed by atoms with van der Waals surface area (Å²) in [6, 6.07) is 7.77. The van der Waals surface area contributed by atoms with Crippen LogP contribution < -0.4 is 10.6 Å². The van der Waals surface area contributed by atoms with Crippen molar-refractivity contribution in [3.05, 3.63) is 42.5 Å². The number of benzene rings is 1. The number of ether oxygens (including phenoxy) is 1. The van der Waals surface area contributed by atoms with E-state index in [2.05, 4.69) is 22.1 Å². The number of amides is 2. The second-order valence-corrected chi connectivity index (χ2v) is 7.32. The molecular weight excluding hydrogens is 344 g/mol. The molecule has 4 rings (SSSR count). The zero-order chi connectivity index (χ0) is 19.1. The van der Waals surface area contributed by atoms with Crippen molar-refractivity contribution in [3.63, 3.8) is 0 Å². The summed E-state index contributed by atoms with van der Waals surface area (Å²) in [7, 11) is 0. The standard InChI is InChI=1S/C20H28N4O3/c1-2-15-27-20(26)21-8-7-17-3-5-18(6-4-17)22-19(25)16-24-12-9-23(10-13-24)11-14-24/h2-6H,1,7-16H2,(H-,21,22,25,26)/p+1. The molecule has 3 saturated heterocycles. The molecule has 2 bridgehead atoms. The van der Waals surface area contributed by atoms with Crippen LogP contribution in [0.25, 0.3) is 0 Å².